The van der Waals surface area contributed by atoms with Gasteiger partial charge in [-0.1, -0.05) is 50.1 Å². The van der Waals surface area contributed by atoms with Crippen LogP contribution < -0.4 is 14.4 Å². The van der Waals surface area contributed by atoms with Gasteiger partial charge in [0.05, 0.1) is 23.6 Å². The molecule has 254 valence electrons. The number of imidazole rings is 1. The highest BCUT2D eigenvalue weighted by atomic mass is 35.5. The SMILES string of the molecule is CCCc1cc(Cl)ccc1C1COc2ccc3cc2N(C1)CC1CCC1C(O)/C=C/CC(C)C(C)S(=O)NC3=O.Cc1nccn1C. The van der Waals surface area contributed by atoms with Crippen molar-refractivity contribution in [2.24, 2.45) is 24.8 Å². The molecule has 47 heavy (non-hydrogen) atoms. The highest BCUT2D eigenvalue weighted by Gasteiger charge is 2.38. The third-order valence-electron chi connectivity index (χ3n) is 10.1. The number of benzene rings is 2. The molecule has 3 heterocycles. The molecule has 2 aromatic carbocycles. The Morgan fingerprint density at radius 2 is 1.96 bits per heavy atom. The fourth-order valence-electron chi connectivity index (χ4n) is 6.67. The molecule has 0 radical (unpaired) electrons. The molecule has 3 aromatic rings. The maximum Gasteiger partial charge on any atom is 0.263 e. The Hall–Kier alpha value is -3.14. The van der Waals surface area contributed by atoms with Crippen LogP contribution >= 0.6 is 11.6 Å². The number of carbonyl (C=O) groups is 1. The van der Waals surface area contributed by atoms with Gasteiger partial charge in [-0.15, -0.1) is 0 Å². The van der Waals surface area contributed by atoms with Gasteiger partial charge in [-0.2, -0.15) is 0 Å². The number of hydrogen-bond acceptors (Lipinski definition) is 6. The van der Waals surface area contributed by atoms with Crippen molar-refractivity contribution in [2.45, 2.75) is 77.1 Å². The molecule has 0 saturated heterocycles. The number of allylic oxidation sites excluding steroid dienone is 1. The van der Waals surface area contributed by atoms with Gasteiger partial charge in [0.15, 0.2) is 0 Å². The number of rotatable bonds is 3. The number of halogens is 1. The van der Waals surface area contributed by atoms with E-state index in [1.165, 1.54) is 11.1 Å². The minimum atomic E-state index is -1.53. The quantitative estimate of drug-likeness (QED) is 0.297. The molecule has 1 saturated carbocycles. The van der Waals surface area contributed by atoms with E-state index < -0.39 is 17.1 Å². The number of aryl methyl sites for hydroxylation is 3. The zero-order chi connectivity index (χ0) is 33.7. The number of ether oxygens (including phenoxy) is 1. The number of amides is 1. The van der Waals surface area contributed by atoms with E-state index >= 15 is 0 Å². The van der Waals surface area contributed by atoms with Gasteiger partial charge in [0.2, 0.25) is 0 Å². The van der Waals surface area contributed by atoms with Gasteiger partial charge in [0.1, 0.15) is 22.6 Å². The van der Waals surface area contributed by atoms with Crippen molar-refractivity contribution in [3.05, 3.63) is 88.5 Å². The molecule has 0 spiro atoms. The van der Waals surface area contributed by atoms with Crippen molar-refractivity contribution in [3.8, 4) is 5.75 Å². The van der Waals surface area contributed by atoms with Gasteiger partial charge in [0, 0.05) is 49.0 Å². The van der Waals surface area contributed by atoms with Gasteiger partial charge < -0.3 is 19.3 Å². The van der Waals surface area contributed by atoms with Crippen LogP contribution in [0.4, 0.5) is 5.69 Å². The van der Waals surface area contributed by atoms with E-state index in [0.29, 0.717) is 24.5 Å². The Morgan fingerprint density at radius 3 is 2.62 bits per heavy atom. The summed E-state index contributed by atoms with van der Waals surface area (Å²) >= 11 is 6.38. The topological polar surface area (TPSA) is 96.7 Å². The average molecular weight is 681 g/mol. The maximum absolute atomic E-state index is 13.2. The van der Waals surface area contributed by atoms with Gasteiger partial charge in [0.25, 0.3) is 5.91 Å². The Balaban J connectivity index is 0.000000549. The van der Waals surface area contributed by atoms with Crippen LogP contribution in [0.2, 0.25) is 5.02 Å². The minimum Gasteiger partial charge on any atom is -0.491 e. The largest absolute Gasteiger partial charge is 0.491 e. The molecular weight excluding hydrogens is 632 g/mol. The third-order valence-corrected chi connectivity index (χ3v) is 11.9. The zero-order valence-electron chi connectivity index (χ0n) is 28.2. The first kappa shape index (κ1) is 35.2. The van der Waals surface area contributed by atoms with Crippen molar-refractivity contribution < 1.29 is 18.8 Å². The molecule has 7 unspecified atom stereocenters. The Labute approximate surface area is 287 Å². The lowest BCUT2D eigenvalue weighted by Gasteiger charge is -2.42. The average Bonchev–Trinajstić information content (AvgIpc) is 3.31. The van der Waals surface area contributed by atoms with Crippen molar-refractivity contribution in [2.75, 3.05) is 24.6 Å². The lowest BCUT2D eigenvalue weighted by molar-refractivity contribution is 0.0461. The van der Waals surface area contributed by atoms with E-state index in [2.05, 4.69) is 33.7 Å². The number of carbonyl (C=O) groups excluding carboxylic acids is 1. The molecule has 1 aliphatic carbocycles. The summed E-state index contributed by atoms with van der Waals surface area (Å²) in [5, 5.41) is 11.6. The van der Waals surface area contributed by atoms with Crippen LogP contribution in [0, 0.1) is 24.7 Å². The van der Waals surface area contributed by atoms with Crippen molar-refractivity contribution in [1.82, 2.24) is 14.3 Å². The van der Waals surface area contributed by atoms with E-state index in [1.54, 1.807) is 12.3 Å². The first-order valence-corrected chi connectivity index (χ1v) is 18.4. The highest BCUT2D eigenvalue weighted by molar-refractivity contribution is 7.84. The van der Waals surface area contributed by atoms with Crippen LogP contribution in [0.25, 0.3) is 0 Å². The van der Waals surface area contributed by atoms with E-state index in [9.17, 15) is 14.1 Å². The molecule has 1 fully saturated rings. The maximum atomic E-state index is 13.2. The Bertz CT molecular complexity index is 1580. The predicted octanol–water partition coefficient (Wildman–Crippen LogP) is 6.77. The van der Waals surface area contributed by atoms with Gasteiger partial charge in [-0.05, 0) is 98.7 Å². The van der Waals surface area contributed by atoms with Crippen molar-refractivity contribution in [1.29, 1.82) is 0 Å². The first-order valence-electron chi connectivity index (χ1n) is 16.9. The predicted molar refractivity (Wildman–Crippen MR) is 190 cm³/mol. The lowest BCUT2D eigenvalue weighted by Crippen LogP contribution is -2.44. The summed E-state index contributed by atoms with van der Waals surface area (Å²) in [6.45, 7) is 10.1. The Morgan fingerprint density at radius 1 is 1.15 bits per heavy atom. The van der Waals surface area contributed by atoms with Crippen molar-refractivity contribution >= 4 is 34.2 Å². The summed E-state index contributed by atoms with van der Waals surface area (Å²) < 4.78 is 24.1. The standard InChI is InChI=1S/C32H41ClN2O4S.C5H8N2/c1-4-6-22-15-26(33)11-13-27(22)25-18-35-17-24-9-12-28(24)30(36)8-5-7-20(2)21(3)40(38)34-32(37)23-10-14-31(39-19-25)29(35)16-23;1-5-6-3-4-7(5)2/h5,8,10-11,13-16,20-21,24-25,28,30,36H,4,6-7,9,12,17-19H2,1-3H3,(H,34,37);3-4H,1-2H3/b8-5+;. The number of aromatic nitrogens is 2. The highest BCUT2D eigenvalue weighted by Crippen LogP contribution is 2.42. The lowest BCUT2D eigenvalue weighted by atomic mass is 9.70. The van der Waals surface area contributed by atoms with Crippen LogP contribution in [0.15, 0.2) is 60.9 Å². The second kappa shape index (κ2) is 15.8. The van der Waals surface area contributed by atoms with Crippen LogP contribution in [0.3, 0.4) is 0 Å². The molecule has 1 aromatic heterocycles. The van der Waals surface area contributed by atoms with E-state index in [1.807, 2.05) is 68.9 Å². The number of nitrogens with one attached hydrogen (secondary N) is 1. The monoisotopic (exact) mass is 680 g/mol. The number of aliphatic hydroxyl groups is 1. The van der Waals surface area contributed by atoms with E-state index in [4.69, 9.17) is 16.3 Å². The summed E-state index contributed by atoms with van der Waals surface area (Å²) in [5.74, 6) is 2.19. The van der Waals surface area contributed by atoms with E-state index in [0.717, 1.165) is 61.1 Å². The zero-order valence-corrected chi connectivity index (χ0v) is 29.8. The Kier molecular flexibility index (Phi) is 11.9. The fourth-order valence-corrected chi connectivity index (χ4v) is 7.88. The van der Waals surface area contributed by atoms with Gasteiger partial charge in [-0.25, -0.2) is 9.19 Å². The molecule has 2 aliphatic heterocycles. The summed E-state index contributed by atoms with van der Waals surface area (Å²) in [4.78, 5) is 19.5. The van der Waals surface area contributed by atoms with E-state index in [-0.39, 0.29) is 28.9 Å². The second-order valence-electron chi connectivity index (χ2n) is 13.3. The van der Waals surface area contributed by atoms with Gasteiger partial charge >= 0.3 is 0 Å². The number of hydrogen-bond donors (Lipinski definition) is 2. The normalized spacial score (nSPS) is 28.4. The molecule has 3 aliphatic rings. The van der Waals surface area contributed by atoms with Crippen LogP contribution in [0.5, 0.6) is 5.75 Å². The van der Waals surface area contributed by atoms with Crippen molar-refractivity contribution in [3.63, 3.8) is 0 Å². The molecule has 2 N–H and O–H groups in total. The van der Waals surface area contributed by atoms with Crippen LogP contribution in [0.1, 0.15) is 79.7 Å². The summed E-state index contributed by atoms with van der Waals surface area (Å²) in [7, 11) is 0.443. The first-order chi connectivity index (χ1) is 22.5. The molecule has 2 bridgehead atoms. The fraction of sp³-hybridized carbons (Fsp3) is 0.514. The third kappa shape index (κ3) is 8.48. The van der Waals surface area contributed by atoms with Crippen LogP contribution in [-0.4, -0.2) is 55.8 Å². The summed E-state index contributed by atoms with van der Waals surface area (Å²) in [6, 6.07) is 11.7. The molecule has 6 rings (SSSR count). The summed E-state index contributed by atoms with van der Waals surface area (Å²) in [6.07, 6.45) is 11.9. The van der Waals surface area contributed by atoms with Crippen LogP contribution in [-0.2, 0) is 24.5 Å². The minimum absolute atomic E-state index is 0.0908. The summed E-state index contributed by atoms with van der Waals surface area (Å²) in [5.41, 5.74) is 3.83. The molecule has 10 heteroatoms. The smallest absolute Gasteiger partial charge is 0.263 e. The molecule has 7 atom stereocenters. The second-order valence-corrected chi connectivity index (χ2v) is 15.3. The molecule has 8 nitrogen and oxygen atoms in total. The number of fused-ring (bicyclic) bond motifs is 2. The molecule has 1 amide bonds. The molecular formula is C37H49ClN4O4S. The van der Waals surface area contributed by atoms with Gasteiger partial charge in [-0.3, -0.25) is 9.52 Å². The number of aliphatic hydroxyl groups excluding tert-OH is 1. The number of anilines is 1. The number of nitrogens with zero attached hydrogens (tertiary/aromatic N) is 3.